The van der Waals surface area contributed by atoms with Gasteiger partial charge in [0.15, 0.2) is 5.78 Å². The van der Waals surface area contributed by atoms with Gasteiger partial charge in [0.25, 0.3) is 0 Å². The molecule has 3 aromatic rings. The molecule has 0 aliphatic rings. The number of H-pyrrole nitrogens is 1. The quantitative estimate of drug-likeness (QED) is 0.482. The van der Waals surface area contributed by atoms with Gasteiger partial charge in [-0.1, -0.05) is 23.7 Å². The standard InChI is InChI=1S/C16H11ClINO/c1-9-2-4-11-12(8-19-15(11)6-9)16(20)10-3-5-14(18)13(17)7-10/h2-8,19H,1H3. The Labute approximate surface area is 135 Å². The average molecular weight is 396 g/mol. The van der Waals surface area contributed by atoms with Crippen LogP contribution in [0.15, 0.2) is 42.6 Å². The van der Waals surface area contributed by atoms with Crippen molar-refractivity contribution in [1.82, 2.24) is 4.98 Å². The van der Waals surface area contributed by atoms with E-state index in [0.717, 1.165) is 20.0 Å². The van der Waals surface area contributed by atoms with Crippen LogP contribution in [0, 0.1) is 10.5 Å². The van der Waals surface area contributed by atoms with E-state index in [1.807, 2.05) is 37.3 Å². The molecule has 0 atom stereocenters. The molecule has 0 saturated carbocycles. The van der Waals surface area contributed by atoms with E-state index in [1.54, 1.807) is 12.3 Å². The van der Waals surface area contributed by atoms with Crippen LogP contribution < -0.4 is 0 Å². The number of aromatic nitrogens is 1. The zero-order valence-corrected chi connectivity index (χ0v) is 13.6. The Morgan fingerprint density at radius 2 is 2.00 bits per heavy atom. The van der Waals surface area contributed by atoms with E-state index < -0.39 is 0 Å². The molecule has 100 valence electrons. The summed E-state index contributed by atoms with van der Waals surface area (Å²) < 4.78 is 0.940. The van der Waals surface area contributed by atoms with Gasteiger partial charge in [-0.25, -0.2) is 0 Å². The van der Waals surface area contributed by atoms with Crippen LogP contribution in [-0.4, -0.2) is 10.8 Å². The lowest BCUT2D eigenvalue weighted by Crippen LogP contribution is -2.00. The van der Waals surface area contributed by atoms with Gasteiger partial charge in [-0.15, -0.1) is 0 Å². The Morgan fingerprint density at radius 3 is 2.75 bits per heavy atom. The lowest BCUT2D eigenvalue weighted by Gasteiger charge is -2.02. The SMILES string of the molecule is Cc1ccc2c(C(=O)c3ccc(I)c(Cl)c3)c[nH]c2c1. The van der Waals surface area contributed by atoms with Gasteiger partial charge in [-0.3, -0.25) is 4.79 Å². The van der Waals surface area contributed by atoms with Crippen LogP contribution in [0.5, 0.6) is 0 Å². The second-order valence-electron chi connectivity index (χ2n) is 4.71. The van der Waals surface area contributed by atoms with Gasteiger partial charge in [0.1, 0.15) is 0 Å². The molecule has 0 amide bonds. The van der Waals surface area contributed by atoms with E-state index in [-0.39, 0.29) is 5.78 Å². The summed E-state index contributed by atoms with van der Waals surface area (Å²) in [6.45, 7) is 2.03. The molecule has 1 aromatic heterocycles. The van der Waals surface area contributed by atoms with Crippen LogP contribution >= 0.6 is 34.2 Å². The maximum Gasteiger partial charge on any atom is 0.195 e. The molecule has 0 spiro atoms. The van der Waals surface area contributed by atoms with Crippen molar-refractivity contribution in [3.8, 4) is 0 Å². The molecule has 0 saturated heterocycles. The molecule has 1 heterocycles. The second-order valence-corrected chi connectivity index (χ2v) is 6.28. The van der Waals surface area contributed by atoms with Gasteiger partial charge < -0.3 is 4.98 Å². The van der Waals surface area contributed by atoms with Crippen molar-refractivity contribution in [3.63, 3.8) is 0 Å². The first-order valence-corrected chi connectivity index (χ1v) is 7.59. The topological polar surface area (TPSA) is 32.9 Å². The molecular formula is C16H11ClINO. The van der Waals surface area contributed by atoms with Gasteiger partial charge in [0.05, 0.1) is 5.02 Å². The predicted molar refractivity (Wildman–Crippen MR) is 90.6 cm³/mol. The minimum atomic E-state index is -0.0154. The molecule has 0 radical (unpaired) electrons. The molecular weight excluding hydrogens is 385 g/mol. The highest BCUT2D eigenvalue weighted by Gasteiger charge is 2.15. The smallest absolute Gasteiger partial charge is 0.195 e. The first-order chi connectivity index (χ1) is 9.56. The van der Waals surface area contributed by atoms with Crippen LogP contribution in [0.2, 0.25) is 5.02 Å². The third-order valence-corrected chi connectivity index (χ3v) is 4.84. The second kappa shape index (κ2) is 5.22. The highest BCUT2D eigenvalue weighted by Crippen LogP contribution is 2.25. The highest BCUT2D eigenvalue weighted by atomic mass is 127. The van der Waals surface area contributed by atoms with Gasteiger partial charge >= 0.3 is 0 Å². The van der Waals surface area contributed by atoms with Crippen LogP contribution in [0.1, 0.15) is 21.5 Å². The fourth-order valence-corrected chi connectivity index (χ4v) is 2.74. The molecule has 1 N–H and O–H groups in total. The number of carbonyl (C=O) groups excluding carboxylic acids is 1. The van der Waals surface area contributed by atoms with Crippen molar-refractivity contribution >= 4 is 50.9 Å². The molecule has 0 fully saturated rings. The molecule has 2 nitrogen and oxygen atoms in total. The minimum Gasteiger partial charge on any atom is -0.360 e. The maximum atomic E-state index is 12.6. The number of hydrogen-bond donors (Lipinski definition) is 1. The third kappa shape index (κ3) is 2.36. The third-order valence-electron chi connectivity index (χ3n) is 3.26. The van der Waals surface area contributed by atoms with Crippen molar-refractivity contribution in [3.05, 3.63) is 67.9 Å². The summed E-state index contributed by atoms with van der Waals surface area (Å²) in [5.74, 6) is -0.0154. The number of fused-ring (bicyclic) bond motifs is 1. The first kappa shape index (κ1) is 13.6. The summed E-state index contributed by atoms with van der Waals surface area (Å²) in [5.41, 5.74) is 3.43. The Bertz CT molecular complexity index is 822. The zero-order valence-electron chi connectivity index (χ0n) is 10.7. The summed E-state index contributed by atoms with van der Waals surface area (Å²) >= 11 is 8.24. The van der Waals surface area contributed by atoms with E-state index in [0.29, 0.717) is 16.1 Å². The number of hydrogen-bond acceptors (Lipinski definition) is 1. The molecule has 0 aliphatic carbocycles. The van der Waals surface area contributed by atoms with Gasteiger partial charge in [0.2, 0.25) is 0 Å². The highest BCUT2D eigenvalue weighted by molar-refractivity contribution is 14.1. The predicted octanol–water partition coefficient (Wildman–Crippen LogP) is 4.97. The van der Waals surface area contributed by atoms with Crippen LogP contribution in [0.4, 0.5) is 0 Å². The van der Waals surface area contributed by atoms with Crippen molar-refractivity contribution < 1.29 is 4.79 Å². The van der Waals surface area contributed by atoms with E-state index in [1.165, 1.54) is 0 Å². The van der Waals surface area contributed by atoms with Crippen molar-refractivity contribution in [2.24, 2.45) is 0 Å². The van der Waals surface area contributed by atoms with Crippen LogP contribution in [0.3, 0.4) is 0 Å². The van der Waals surface area contributed by atoms with E-state index >= 15 is 0 Å². The average Bonchev–Trinajstić information content (AvgIpc) is 2.84. The first-order valence-electron chi connectivity index (χ1n) is 6.14. The molecule has 20 heavy (non-hydrogen) atoms. The number of aromatic amines is 1. The summed E-state index contributed by atoms with van der Waals surface area (Å²) in [6, 6.07) is 11.4. The summed E-state index contributed by atoms with van der Waals surface area (Å²) in [4.78, 5) is 15.7. The zero-order chi connectivity index (χ0) is 14.3. The molecule has 0 bridgehead atoms. The van der Waals surface area contributed by atoms with E-state index in [9.17, 15) is 4.79 Å². The van der Waals surface area contributed by atoms with Crippen molar-refractivity contribution in [2.45, 2.75) is 6.92 Å². The normalized spacial score (nSPS) is 10.9. The number of carbonyl (C=O) groups is 1. The largest absolute Gasteiger partial charge is 0.360 e. The Hall–Kier alpha value is -1.33. The number of nitrogens with one attached hydrogen (secondary N) is 1. The summed E-state index contributed by atoms with van der Waals surface area (Å²) in [7, 11) is 0. The Morgan fingerprint density at radius 1 is 1.20 bits per heavy atom. The van der Waals surface area contributed by atoms with Gasteiger partial charge in [0, 0.05) is 31.8 Å². The fourth-order valence-electron chi connectivity index (χ4n) is 2.22. The van der Waals surface area contributed by atoms with Gasteiger partial charge in [-0.05, 0) is 59.3 Å². The van der Waals surface area contributed by atoms with Crippen LogP contribution in [0.25, 0.3) is 10.9 Å². The van der Waals surface area contributed by atoms with Crippen molar-refractivity contribution in [1.29, 1.82) is 0 Å². The molecule has 3 rings (SSSR count). The number of rotatable bonds is 2. The van der Waals surface area contributed by atoms with Crippen LogP contribution in [-0.2, 0) is 0 Å². The summed E-state index contributed by atoms with van der Waals surface area (Å²) in [6.07, 6.45) is 1.76. The minimum absolute atomic E-state index is 0.0154. The van der Waals surface area contributed by atoms with E-state index in [4.69, 9.17) is 11.6 Å². The maximum absolute atomic E-state index is 12.6. The Kier molecular flexibility index (Phi) is 3.56. The number of halogens is 2. The molecule has 0 aliphatic heterocycles. The Balaban J connectivity index is 2.10. The van der Waals surface area contributed by atoms with Gasteiger partial charge in [-0.2, -0.15) is 0 Å². The molecule has 2 aromatic carbocycles. The monoisotopic (exact) mass is 395 g/mol. The molecule has 4 heteroatoms. The summed E-state index contributed by atoms with van der Waals surface area (Å²) in [5, 5.41) is 1.54. The fraction of sp³-hybridized carbons (Fsp3) is 0.0625. The molecule has 0 unspecified atom stereocenters. The number of benzene rings is 2. The lowest BCUT2D eigenvalue weighted by molar-refractivity contribution is 0.104. The lowest BCUT2D eigenvalue weighted by atomic mass is 10.0. The van der Waals surface area contributed by atoms with E-state index in [2.05, 4.69) is 27.6 Å². The number of ketones is 1. The number of aryl methyl sites for hydroxylation is 1. The van der Waals surface area contributed by atoms with Crippen molar-refractivity contribution in [2.75, 3.05) is 0 Å².